The summed E-state index contributed by atoms with van der Waals surface area (Å²) in [5.74, 6) is -1.18. The van der Waals surface area contributed by atoms with Crippen LogP contribution in [0.2, 0.25) is 0 Å². The van der Waals surface area contributed by atoms with Crippen molar-refractivity contribution in [3.8, 4) is 0 Å². The predicted molar refractivity (Wildman–Crippen MR) is 93.4 cm³/mol. The summed E-state index contributed by atoms with van der Waals surface area (Å²) >= 11 is 0. The lowest BCUT2D eigenvalue weighted by atomic mass is 10.2. The summed E-state index contributed by atoms with van der Waals surface area (Å²) in [6.07, 6.45) is 3.21. The molecule has 3 rings (SSSR count). The normalized spacial score (nSPS) is 15.6. The van der Waals surface area contributed by atoms with Gasteiger partial charge in [0.1, 0.15) is 12.7 Å². The van der Waals surface area contributed by atoms with Gasteiger partial charge in [-0.3, -0.25) is 9.48 Å². The molecule has 1 aromatic carbocycles. The van der Waals surface area contributed by atoms with Crippen LogP contribution in [0.5, 0.6) is 0 Å². The van der Waals surface area contributed by atoms with Gasteiger partial charge < -0.3 is 10.0 Å². The van der Waals surface area contributed by atoms with Crippen molar-refractivity contribution in [3.63, 3.8) is 0 Å². The molecule has 0 aliphatic carbocycles. The van der Waals surface area contributed by atoms with Gasteiger partial charge in [-0.25, -0.2) is 18.2 Å². The molecule has 1 N–H and O–H groups in total. The Hall–Kier alpha value is -2.79. The minimum atomic E-state index is -3.72. The standard InChI is InChI=1S/C16H19N5O5S/c22-15(5-6-20-12-17-11-18-20)19-7-9-21(10-8-19)27(25,26)14-3-1-13(2-4-14)16(23)24/h1-4,11-12H,5-10H2,(H,23,24). The van der Waals surface area contributed by atoms with Gasteiger partial charge in [-0.1, -0.05) is 0 Å². The Bertz CT molecular complexity index is 903. The van der Waals surface area contributed by atoms with Crippen molar-refractivity contribution in [2.24, 2.45) is 0 Å². The molecule has 1 saturated heterocycles. The maximum atomic E-state index is 12.7. The van der Waals surface area contributed by atoms with Crippen LogP contribution in [0, 0.1) is 0 Å². The Kier molecular flexibility index (Phi) is 5.51. The second-order valence-corrected chi connectivity index (χ2v) is 7.96. The third-order valence-corrected chi connectivity index (χ3v) is 6.26. The first-order valence-corrected chi connectivity index (χ1v) is 9.75. The number of carboxylic acid groups (broad SMARTS) is 1. The highest BCUT2D eigenvalue weighted by molar-refractivity contribution is 7.89. The van der Waals surface area contributed by atoms with Crippen LogP contribution in [-0.4, -0.2) is 75.5 Å². The smallest absolute Gasteiger partial charge is 0.335 e. The van der Waals surface area contributed by atoms with E-state index >= 15 is 0 Å². The number of carbonyl (C=O) groups is 2. The summed E-state index contributed by atoms with van der Waals surface area (Å²) in [4.78, 5) is 28.6. The zero-order chi connectivity index (χ0) is 19.4. The molecular weight excluding hydrogens is 374 g/mol. The van der Waals surface area contributed by atoms with E-state index in [2.05, 4.69) is 10.1 Å². The number of hydrogen-bond acceptors (Lipinski definition) is 6. The zero-order valence-corrected chi connectivity index (χ0v) is 15.2. The van der Waals surface area contributed by atoms with Gasteiger partial charge >= 0.3 is 5.97 Å². The monoisotopic (exact) mass is 393 g/mol. The number of aryl methyl sites for hydroxylation is 1. The lowest BCUT2D eigenvalue weighted by Gasteiger charge is -2.34. The summed E-state index contributed by atoms with van der Waals surface area (Å²) in [5, 5.41) is 12.8. The quantitative estimate of drug-likeness (QED) is 0.726. The number of nitrogens with zero attached hydrogens (tertiary/aromatic N) is 5. The van der Waals surface area contributed by atoms with Crippen molar-refractivity contribution in [3.05, 3.63) is 42.5 Å². The van der Waals surface area contributed by atoms with Crippen LogP contribution in [0.25, 0.3) is 0 Å². The number of piperazine rings is 1. The summed E-state index contributed by atoms with van der Waals surface area (Å²) in [6.45, 7) is 1.43. The summed E-state index contributed by atoms with van der Waals surface area (Å²) < 4.78 is 28.2. The molecule has 0 saturated carbocycles. The second kappa shape index (κ2) is 7.84. The first kappa shape index (κ1) is 19.0. The Morgan fingerprint density at radius 3 is 2.30 bits per heavy atom. The maximum absolute atomic E-state index is 12.7. The molecule has 27 heavy (non-hydrogen) atoms. The lowest BCUT2D eigenvalue weighted by Crippen LogP contribution is -2.50. The van der Waals surface area contributed by atoms with Crippen molar-refractivity contribution < 1.29 is 23.1 Å². The molecule has 0 radical (unpaired) electrons. The minimum Gasteiger partial charge on any atom is -0.478 e. The highest BCUT2D eigenvalue weighted by Crippen LogP contribution is 2.18. The van der Waals surface area contributed by atoms with E-state index in [1.807, 2.05) is 0 Å². The number of amides is 1. The first-order chi connectivity index (χ1) is 12.9. The van der Waals surface area contributed by atoms with Crippen LogP contribution < -0.4 is 0 Å². The number of carbonyl (C=O) groups excluding carboxylic acids is 1. The number of sulfonamides is 1. The lowest BCUT2D eigenvalue weighted by molar-refractivity contribution is -0.132. The SMILES string of the molecule is O=C(O)c1ccc(S(=O)(=O)N2CCN(C(=O)CCn3cncn3)CC2)cc1. The van der Waals surface area contributed by atoms with Gasteiger partial charge in [0.15, 0.2) is 0 Å². The number of benzene rings is 1. The summed E-state index contributed by atoms with van der Waals surface area (Å²) in [5.41, 5.74) is 0.0248. The van der Waals surface area contributed by atoms with E-state index in [1.165, 1.54) is 41.2 Å². The summed E-state index contributed by atoms with van der Waals surface area (Å²) in [6, 6.07) is 5.10. The number of carboxylic acids is 1. The number of aromatic nitrogens is 3. The van der Waals surface area contributed by atoms with Crippen LogP contribution >= 0.6 is 0 Å². The molecule has 2 aromatic rings. The van der Waals surface area contributed by atoms with Gasteiger partial charge in [0, 0.05) is 32.6 Å². The molecule has 2 heterocycles. The molecule has 10 nitrogen and oxygen atoms in total. The Labute approximate surface area is 156 Å². The second-order valence-electron chi connectivity index (χ2n) is 6.02. The van der Waals surface area contributed by atoms with E-state index < -0.39 is 16.0 Å². The number of rotatable bonds is 6. The van der Waals surface area contributed by atoms with E-state index in [0.717, 1.165) is 0 Å². The fraction of sp³-hybridized carbons (Fsp3) is 0.375. The molecule has 1 fully saturated rings. The molecular formula is C16H19N5O5S. The van der Waals surface area contributed by atoms with Gasteiger partial charge in [-0.05, 0) is 24.3 Å². The zero-order valence-electron chi connectivity index (χ0n) is 14.4. The fourth-order valence-electron chi connectivity index (χ4n) is 2.81. The molecule has 1 aliphatic rings. The molecule has 11 heteroatoms. The number of hydrogen-bond donors (Lipinski definition) is 1. The van der Waals surface area contributed by atoms with Crippen LogP contribution in [0.3, 0.4) is 0 Å². The van der Waals surface area contributed by atoms with Crippen molar-refractivity contribution in [1.82, 2.24) is 24.0 Å². The third-order valence-electron chi connectivity index (χ3n) is 4.35. The Morgan fingerprint density at radius 1 is 1.07 bits per heavy atom. The molecule has 144 valence electrons. The van der Waals surface area contributed by atoms with Crippen LogP contribution in [0.1, 0.15) is 16.8 Å². The first-order valence-electron chi connectivity index (χ1n) is 8.31. The van der Waals surface area contributed by atoms with Crippen molar-refractivity contribution in [2.45, 2.75) is 17.9 Å². The van der Waals surface area contributed by atoms with Gasteiger partial charge in [-0.2, -0.15) is 9.40 Å². The molecule has 1 amide bonds. The van der Waals surface area contributed by atoms with E-state index in [9.17, 15) is 18.0 Å². The third kappa shape index (κ3) is 4.31. The van der Waals surface area contributed by atoms with E-state index in [0.29, 0.717) is 19.6 Å². The molecule has 0 unspecified atom stereocenters. The topological polar surface area (TPSA) is 126 Å². The van der Waals surface area contributed by atoms with Gasteiger partial charge in [-0.15, -0.1) is 0 Å². The molecule has 1 aromatic heterocycles. The molecule has 0 spiro atoms. The summed E-state index contributed by atoms with van der Waals surface area (Å²) in [7, 11) is -3.72. The molecule has 0 bridgehead atoms. The van der Waals surface area contributed by atoms with Gasteiger partial charge in [0.05, 0.1) is 17.0 Å². The van der Waals surface area contributed by atoms with Crippen LogP contribution in [-0.2, 0) is 21.4 Å². The van der Waals surface area contributed by atoms with Crippen LogP contribution in [0.15, 0.2) is 41.8 Å². The van der Waals surface area contributed by atoms with Crippen molar-refractivity contribution >= 4 is 21.9 Å². The van der Waals surface area contributed by atoms with Gasteiger partial charge in [0.2, 0.25) is 15.9 Å². The maximum Gasteiger partial charge on any atom is 0.335 e. The van der Waals surface area contributed by atoms with Crippen molar-refractivity contribution in [2.75, 3.05) is 26.2 Å². The largest absolute Gasteiger partial charge is 0.478 e. The average Bonchev–Trinajstić information content (AvgIpc) is 3.20. The van der Waals surface area contributed by atoms with E-state index in [-0.39, 0.29) is 35.9 Å². The van der Waals surface area contributed by atoms with Gasteiger partial charge in [0.25, 0.3) is 0 Å². The highest BCUT2D eigenvalue weighted by atomic mass is 32.2. The Morgan fingerprint density at radius 2 is 1.74 bits per heavy atom. The molecule has 0 atom stereocenters. The average molecular weight is 393 g/mol. The van der Waals surface area contributed by atoms with E-state index in [1.54, 1.807) is 9.58 Å². The predicted octanol–water partition coefficient (Wildman–Crippen LogP) is -0.100. The highest BCUT2D eigenvalue weighted by Gasteiger charge is 2.30. The minimum absolute atomic E-state index is 0.0248. The van der Waals surface area contributed by atoms with Crippen molar-refractivity contribution in [1.29, 1.82) is 0 Å². The fourth-order valence-corrected chi connectivity index (χ4v) is 4.24. The van der Waals surface area contributed by atoms with Crippen LogP contribution in [0.4, 0.5) is 0 Å². The Balaban J connectivity index is 1.57. The molecule has 1 aliphatic heterocycles. The number of aromatic carboxylic acids is 1. The van der Waals surface area contributed by atoms with E-state index in [4.69, 9.17) is 5.11 Å².